The Labute approximate surface area is 192 Å². The van der Waals surface area contributed by atoms with Crippen molar-refractivity contribution in [2.45, 2.75) is 6.54 Å². The number of aromatic nitrogens is 5. The van der Waals surface area contributed by atoms with E-state index in [2.05, 4.69) is 19.8 Å². The van der Waals surface area contributed by atoms with Crippen LogP contribution in [0.3, 0.4) is 0 Å². The second kappa shape index (κ2) is 8.05. The molecule has 8 nitrogen and oxygen atoms in total. The topological polar surface area (TPSA) is 71.0 Å². The number of nitrogens with zero attached hydrogens (tertiary/aromatic N) is 7. The summed E-state index contributed by atoms with van der Waals surface area (Å²) in [7, 11) is 0. The normalized spacial score (nSPS) is 15.0. The van der Waals surface area contributed by atoms with Gasteiger partial charge >= 0.3 is 0 Å². The molecule has 0 radical (unpaired) electrons. The fourth-order valence-electron chi connectivity index (χ4n) is 4.09. The molecule has 10 heteroatoms. The first kappa shape index (κ1) is 20.0. The molecule has 0 aliphatic carbocycles. The molecular formula is C23H20FN7OS. The third-order valence-electron chi connectivity index (χ3n) is 5.82. The van der Waals surface area contributed by atoms with Crippen LogP contribution < -0.4 is 10.5 Å². The van der Waals surface area contributed by atoms with Crippen LogP contribution in [0, 0.1) is 5.82 Å². The predicted octanol–water partition coefficient (Wildman–Crippen LogP) is 2.93. The van der Waals surface area contributed by atoms with Crippen LogP contribution >= 0.6 is 11.3 Å². The largest absolute Gasteiger partial charge is 0.344 e. The van der Waals surface area contributed by atoms with Gasteiger partial charge in [-0.15, -0.1) is 5.10 Å². The minimum absolute atomic E-state index is 0.0552. The average Bonchev–Trinajstić information content (AvgIpc) is 3.40. The molecule has 0 unspecified atom stereocenters. The van der Waals surface area contributed by atoms with Crippen molar-refractivity contribution in [1.82, 2.24) is 28.9 Å². The van der Waals surface area contributed by atoms with E-state index in [0.29, 0.717) is 12.2 Å². The second-order valence-electron chi connectivity index (χ2n) is 8.02. The molecule has 5 aromatic rings. The number of rotatable bonds is 4. The molecule has 4 aromatic heterocycles. The van der Waals surface area contributed by atoms with Crippen LogP contribution in [0.2, 0.25) is 0 Å². The molecule has 166 valence electrons. The van der Waals surface area contributed by atoms with Crippen LogP contribution in [-0.2, 0) is 6.54 Å². The smallest absolute Gasteiger partial charge is 0.258 e. The number of anilines is 1. The zero-order valence-corrected chi connectivity index (χ0v) is 18.5. The molecule has 0 atom stereocenters. The number of hydrogen-bond donors (Lipinski definition) is 0. The molecule has 0 saturated carbocycles. The Bertz CT molecular complexity index is 1470. The highest BCUT2D eigenvalue weighted by Gasteiger charge is 2.21. The highest BCUT2D eigenvalue weighted by molar-refractivity contribution is 7.20. The Kier molecular flexibility index (Phi) is 4.88. The lowest BCUT2D eigenvalue weighted by Gasteiger charge is -2.34. The number of halogens is 1. The first-order valence-electron chi connectivity index (χ1n) is 10.7. The van der Waals surface area contributed by atoms with Gasteiger partial charge in [0.25, 0.3) is 5.56 Å². The fourth-order valence-corrected chi connectivity index (χ4v) is 5.02. The third kappa shape index (κ3) is 3.87. The van der Waals surface area contributed by atoms with E-state index in [0.717, 1.165) is 53.2 Å². The Morgan fingerprint density at radius 1 is 1.00 bits per heavy atom. The Hall–Kier alpha value is -3.63. The van der Waals surface area contributed by atoms with Gasteiger partial charge in [-0.1, -0.05) is 17.4 Å². The van der Waals surface area contributed by atoms with Crippen molar-refractivity contribution in [3.8, 4) is 11.3 Å². The van der Waals surface area contributed by atoms with Crippen molar-refractivity contribution in [2.24, 2.45) is 0 Å². The molecule has 1 saturated heterocycles. The predicted molar refractivity (Wildman–Crippen MR) is 125 cm³/mol. The Balaban J connectivity index is 1.13. The molecule has 1 fully saturated rings. The van der Waals surface area contributed by atoms with Crippen LogP contribution in [0.15, 0.2) is 65.7 Å². The van der Waals surface area contributed by atoms with E-state index in [1.165, 1.54) is 12.1 Å². The highest BCUT2D eigenvalue weighted by Crippen LogP contribution is 2.27. The van der Waals surface area contributed by atoms with Gasteiger partial charge in [0.2, 0.25) is 10.1 Å². The highest BCUT2D eigenvalue weighted by atomic mass is 32.1. The zero-order chi connectivity index (χ0) is 22.4. The number of pyridine rings is 1. The summed E-state index contributed by atoms with van der Waals surface area (Å²) in [5.74, 6) is -0.261. The number of hydrogen-bond acceptors (Lipinski definition) is 7. The van der Waals surface area contributed by atoms with Crippen LogP contribution in [0.1, 0.15) is 5.69 Å². The van der Waals surface area contributed by atoms with E-state index in [9.17, 15) is 9.18 Å². The number of piperazine rings is 1. The summed E-state index contributed by atoms with van der Waals surface area (Å²) in [5.41, 5.74) is 3.06. The summed E-state index contributed by atoms with van der Waals surface area (Å²) in [6, 6.07) is 13.5. The summed E-state index contributed by atoms with van der Waals surface area (Å²) in [4.78, 5) is 27.0. The molecule has 6 rings (SSSR count). The quantitative estimate of drug-likeness (QED) is 0.410. The number of fused-ring (bicyclic) bond motifs is 2. The van der Waals surface area contributed by atoms with Gasteiger partial charge in [-0.05, 0) is 36.4 Å². The maximum Gasteiger partial charge on any atom is 0.258 e. The summed E-state index contributed by atoms with van der Waals surface area (Å²) in [6.07, 6.45) is 3.61. The van der Waals surface area contributed by atoms with E-state index < -0.39 is 0 Å². The lowest BCUT2D eigenvalue weighted by molar-refractivity contribution is 0.247. The maximum absolute atomic E-state index is 13.2. The SMILES string of the molecule is O=c1cc(CN2CCN(c3nn4cc(-c5ccc(F)cc5)nc4s3)CC2)nc2ccccn12. The van der Waals surface area contributed by atoms with Gasteiger partial charge in [0.1, 0.15) is 11.5 Å². The van der Waals surface area contributed by atoms with Gasteiger partial charge in [0.05, 0.1) is 17.6 Å². The van der Waals surface area contributed by atoms with Crippen molar-refractivity contribution < 1.29 is 4.39 Å². The number of imidazole rings is 1. The van der Waals surface area contributed by atoms with Gasteiger partial charge in [-0.25, -0.2) is 18.9 Å². The third-order valence-corrected chi connectivity index (χ3v) is 6.81. The monoisotopic (exact) mass is 461 g/mol. The zero-order valence-electron chi connectivity index (χ0n) is 17.6. The van der Waals surface area contributed by atoms with Crippen LogP contribution in [0.5, 0.6) is 0 Å². The summed E-state index contributed by atoms with van der Waals surface area (Å²) >= 11 is 1.55. The molecule has 1 aliphatic heterocycles. The first-order valence-corrected chi connectivity index (χ1v) is 11.5. The molecule has 5 heterocycles. The van der Waals surface area contributed by atoms with Gasteiger partial charge in [-0.3, -0.25) is 14.1 Å². The molecule has 0 bridgehead atoms. The van der Waals surface area contributed by atoms with E-state index in [1.807, 2.05) is 24.4 Å². The lowest BCUT2D eigenvalue weighted by Crippen LogP contribution is -2.46. The molecular weight excluding hydrogens is 441 g/mol. The fraction of sp³-hybridized carbons (Fsp3) is 0.217. The van der Waals surface area contributed by atoms with Crippen molar-refractivity contribution in [3.63, 3.8) is 0 Å². The maximum atomic E-state index is 13.2. The van der Waals surface area contributed by atoms with Crippen molar-refractivity contribution in [1.29, 1.82) is 0 Å². The molecule has 0 spiro atoms. The molecule has 1 aliphatic rings. The Morgan fingerprint density at radius 2 is 1.82 bits per heavy atom. The minimum Gasteiger partial charge on any atom is -0.344 e. The molecule has 0 amide bonds. The van der Waals surface area contributed by atoms with Crippen molar-refractivity contribution in [2.75, 3.05) is 31.1 Å². The summed E-state index contributed by atoms with van der Waals surface area (Å²) in [5, 5.41) is 5.64. The van der Waals surface area contributed by atoms with Crippen LogP contribution in [0.4, 0.5) is 9.52 Å². The van der Waals surface area contributed by atoms with Gasteiger partial charge in [0, 0.05) is 50.6 Å². The lowest BCUT2D eigenvalue weighted by atomic mass is 10.2. The average molecular weight is 462 g/mol. The van der Waals surface area contributed by atoms with Crippen molar-refractivity contribution >= 4 is 27.1 Å². The second-order valence-corrected chi connectivity index (χ2v) is 8.96. The van der Waals surface area contributed by atoms with Gasteiger partial charge in [-0.2, -0.15) is 0 Å². The molecule has 0 N–H and O–H groups in total. The first-order chi connectivity index (χ1) is 16.1. The van der Waals surface area contributed by atoms with Gasteiger partial charge in [0.15, 0.2) is 0 Å². The van der Waals surface area contributed by atoms with E-state index in [-0.39, 0.29) is 11.4 Å². The Morgan fingerprint density at radius 3 is 2.61 bits per heavy atom. The van der Waals surface area contributed by atoms with Crippen molar-refractivity contribution in [3.05, 3.63) is 82.8 Å². The molecule has 33 heavy (non-hydrogen) atoms. The van der Waals surface area contributed by atoms with Crippen LogP contribution in [-0.4, -0.2) is 55.1 Å². The standard InChI is InChI=1S/C23H20FN7OS/c24-17-6-4-16(5-7-17)19-15-31-22(26-19)33-23(27-31)29-11-9-28(10-12-29)14-18-13-21(32)30-8-2-1-3-20(30)25-18/h1-8,13,15H,9-12,14H2. The van der Waals surface area contributed by atoms with E-state index in [4.69, 9.17) is 5.10 Å². The van der Waals surface area contributed by atoms with Crippen LogP contribution in [0.25, 0.3) is 21.9 Å². The summed E-state index contributed by atoms with van der Waals surface area (Å²) < 4.78 is 16.5. The minimum atomic E-state index is -0.261. The summed E-state index contributed by atoms with van der Waals surface area (Å²) in [6.45, 7) is 4.05. The van der Waals surface area contributed by atoms with E-state index in [1.54, 1.807) is 44.6 Å². The molecule has 1 aromatic carbocycles. The van der Waals surface area contributed by atoms with Gasteiger partial charge < -0.3 is 4.90 Å². The van der Waals surface area contributed by atoms with E-state index >= 15 is 0 Å². The number of benzene rings is 1.